The number of ether oxygens (including phenoxy) is 1. The first-order valence-corrected chi connectivity index (χ1v) is 9.01. The number of hydrogen-bond acceptors (Lipinski definition) is 2. The Bertz CT molecular complexity index is 755. The van der Waals surface area contributed by atoms with Crippen molar-refractivity contribution in [3.05, 3.63) is 70.2 Å². The minimum Gasteiger partial charge on any atom is -0.494 e. The highest BCUT2D eigenvalue weighted by atomic mass is 79.9. The Morgan fingerprint density at radius 2 is 2.04 bits per heavy atom. The van der Waals surface area contributed by atoms with E-state index in [1.54, 1.807) is 0 Å². The van der Waals surface area contributed by atoms with Crippen LogP contribution in [0.1, 0.15) is 36.4 Å². The minimum absolute atomic E-state index is 0.330. The molecule has 1 N–H and O–H groups in total. The van der Waals surface area contributed by atoms with Crippen LogP contribution < -0.4 is 10.1 Å². The molecule has 4 rings (SSSR count). The maximum absolute atomic E-state index is 5.69. The van der Waals surface area contributed by atoms with E-state index in [1.165, 1.54) is 21.3 Å². The molecule has 1 heterocycles. The lowest BCUT2D eigenvalue weighted by Gasteiger charge is -2.38. The molecule has 0 amide bonds. The van der Waals surface area contributed by atoms with Crippen LogP contribution in [-0.4, -0.2) is 6.61 Å². The quantitative estimate of drug-likeness (QED) is 0.703. The van der Waals surface area contributed by atoms with Crippen molar-refractivity contribution >= 4 is 21.6 Å². The molecule has 0 saturated heterocycles. The van der Waals surface area contributed by atoms with Crippen LogP contribution in [0.15, 0.2) is 59.1 Å². The summed E-state index contributed by atoms with van der Waals surface area (Å²) in [5, 5.41) is 3.77. The number of anilines is 1. The summed E-state index contributed by atoms with van der Waals surface area (Å²) in [6, 6.07) is 15.3. The highest BCUT2D eigenvalue weighted by Crippen LogP contribution is 2.51. The number of rotatable bonds is 3. The molecule has 2 aromatic rings. The highest BCUT2D eigenvalue weighted by Gasteiger charge is 2.38. The SMILES string of the molecule is CCOc1ccc2c(c1)[C@@H]1C=CC[C@H]1[C@@H](c1ccccc1Br)N2. The van der Waals surface area contributed by atoms with Gasteiger partial charge < -0.3 is 10.1 Å². The molecule has 2 aromatic carbocycles. The summed E-state index contributed by atoms with van der Waals surface area (Å²) in [4.78, 5) is 0. The second kappa shape index (κ2) is 6.04. The van der Waals surface area contributed by atoms with Crippen molar-refractivity contribution in [2.75, 3.05) is 11.9 Å². The summed E-state index contributed by atoms with van der Waals surface area (Å²) in [5.41, 5.74) is 3.92. The average molecular weight is 370 g/mol. The van der Waals surface area contributed by atoms with Crippen molar-refractivity contribution in [3.8, 4) is 5.75 Å². The van der Waals surface area contributed by atoms with Crippen molar-refractivity contribution in [2.24, 2.45) is 5.92 Å². The van der Waals surface area contributed by atoms with E-state index in [0.717, 1.165) is 12.2 Å². The fourth-order valence-electron chi connectivity index (χ4n) is 3.86. The van der Waals surface area contributed by atoms with Gasteiger partial charge in [-0.25, -0.2) is 0 Å². The standard InChI is InChI=1S/C20H20BrNO/c1-2-23-13-10-11-19-17(12-13)14-7-5-8-15(14)20(22-19)16-6-3-4-9-18(16)21/h3-7,9-12,14-15,20,22H,2,8H2,1H3/t14-,15-,20+/m1/s1. The van der Waals surface area contributed by atoms with E-state index < -0.39 is 0 Å². The minimum atomic E-state index is 0.330. The van der Waals surface area contributed by atoms with Crippen LogP contribution in [-0.2, 0) is 0 Å². The number of nitrogens with one attached hydrogen (secondary N) is 1. The van der Waals surface area contributed by atoms with Crippen LogP contribution in [0.2, 0.25) is 0 Å². The Morgan fingerprint density at radius 3 is 2.87 bits per heavy atom. The summed E-state index contributed by atoms with van der Waals surface area (Å²) >= 11 is 3.72. The maximum atomic E-state index is 5.69. The fourth-order valence-corrected chi connectivity index (χ4v) is 4.40. The third kappa shape index (κ3) is 2.57. The van der Waals surface area contributed by atoms with E-state index in [4.69, 9.17) is 4.74 Å². The van der Waals surface area contributed by atoms with Gasteiger partial charge in [-0.05, 0) is 54.7 Å². The molecule has 0 saturated carbocycles. The Morgan fingerprint density at radius 1 is 1.17 bits per heavy atom. The first-order chi connectivity index (χ1) is 11.3. The van der Waals surface area contributed by atoms with Gasteiger partial charge in [0.2, 0.25) is 0 Å². The van der Waals surface area contributed by atoms with E-state index in [1.807, 2.05) is 6.92 Å². The third-order valence-electron chi connectivity index (χ3n) is 4.89. The van der Waals surface area contributed by atoms with E-state index in [-0.39, 0.29) is 0 Å². The van der Waals surface area contributed by atoms with Gasteiger partial charge in [0.05, 0.1) is 12.6 Å². The summed E-state index contributed by atoms with van der Waals surface area (Å²) in [6.45, 7) is 2.73. The lowest BCUT2D eigenvalue weighted by atomic mass is 9.77. The van der Waals surface area contributed by atoms with Gasteiger partial charge in [-0.1, -0.05) is 46.3 Å². The molecular weight excluding hydrogens is 350 g/mol. The van der Waals surface area contributed by atoms with Crippen LogP contribution in [0.4, 0.5) is 5.69 Å². The summed E-state index contributed by atoms with van der Waals surface area (Å²) < 4.78 is 6.87. The van der Waals surface area contributed by atoms with Crippen LogP contribution in [0.25, 0.3) is 0 Å². The molecule has 1 aliphatic heterocycles. The number of halogens is 1. The van der Waals surface area contributed by atoms with Gasteiger partial charge in [0.25, 0.3) is 0 Å². The Kier molecular flexibility index (Phi) is 3.90. The monoisotopic (exact) mass is 369 g/mol. The topological polar surface area (TPSA) is 21.3 Å². The molecule has 0 radical (unpaired) electrons. The van der Waals surface area contributed by atoms with Gasteiger partial charge in [-0.2, -0.15) is 0 Å². The molecular formula is C20H20BrNO. The molecule has 2 aliphatic rings. The van der Waals surface area contributed by atoms with Crippen LogP contribution in [0, 0.1) is 5.92 Å². The van der Waals surface area contributed by atoms with Crippen LogP contribution >= 0.6 is 15.9 Å². The first kappa shape index (κ1) is 14.8. The van der Waals surface area contributed by atoms with Gasteiger partial charge in [0.1, 0.15) is 5.75 Å². The van der Waals surface area contributed by atoms with Crippen molar-refractivity contribution in [1.29, 1.82) is 0 Å². The highest BCUT2D eigenvalue weighted by molar-refractivity contribution is 9.10. The zero-order valence-electron chi connectivity index (χ0n) is 13.1. The van der Waals surface area contributed by atoms with Crippen molar-refractivity contribution < 1.29 is 4.74 Å². The number of hydrogen-bond donors (Lipinski definition) is 1. The molecule has 0 fully saturated rings. The van der Waals surface area contributed by atoms with Gasteiger partial charge >= 0.3 is 0 Å². The smallest absolute Gasteiger partial charge is 0.119 e. The number of allylic oxidation sites excluding steroid dienone is 2. The normalized spacial score (nSPS) is 24.7. The molecule has 0 spiro atoms. The predicted molar refractivity (Wildman–Crippen MR) is 98.1 cm³/mol. The number of benzene rings is 2. The third-order valence-corrected chi connectivity index (χ3v) is 5.61. The number of fused-ring (bicyclic) bond motifs is 3. The van der Waals surface area contributed by atoms with Crippen LogP contribution in [0.5, 0.6) is 5.75 Å². The molecule has 23 heavy (non-hydrogen) atoms. The van der Waals surface area contributed by atoms with E-state index in [9.17, 15) is 0 Å². The van der Waals surface area contributed by atoms with Crippen molar-refractivity contribution in [1.82, 2.24) is 0 Å². The Labute approximate surface area is 145 Å². The molecule has 0 unspecified atom stereocenters. The van der Waals surface area contributed by atoms with Gasteiger partial charge in [-0.3, -0.25) is 0 Å². The first-order valence-electron chi connectivity index (χ1n) is 8.22. The fraction of sp³-hybridized carbons (Fsp3) is 0.300. The van der Waals surface area contributed by atoms with Gasteiger partial charge in [-0.15, -0.1) is 0 Å². The molecule has 2 nitrogen and oxygen atoms in total. The maximum Gasteiger partial charge on any atom is 0.119 e. The molecule has 0 aromatic heterocycles. The summed E-state index contributed by atoms with van der Waals surface area (Å²) in [7, 11) is 0. The van der Waals surface area contributed by atoms with Gasteiger partial charge in [0.15, 0.2) is 0 Å². The summed E-state index contributed by atoms with van der Waals surface area (Å²) in [6.07, 6.45) is 5.80. The predicted octanol–water partition coefficient (Wildman–Crippen LogP) is 5.67. The molecule has 3 heteroatoms. The van der Waals surface area contributed by atoms with E-state index in [0.29, 0.717) is 24.5 Å². The van der Waals surface area contributed by atoms with E-state index >= 15 is 0 Å². The van der Waals surface area contributed by atoms with E-state index in [2.05, 4.69) is 75.9 Å². The van der Waals surface area contributed by atoms with Gasteiger partial charge in [0, 0.05) is 16.1 Å². The van der Waals surface area contributed by atoms with Crippen molar-refractivity contribution in [2.45, 2.75) is 25.3 Å². The van der Waals surface area contributed by atoms with Crippen molar-refractivity contribution in [3.63, 3.8) is 0 Å². The second-order valence-electron chi connectivity index (χ2n) is 6.18. The Balaban J connectivity index is 1.76. The second-order valence-corrected chi connectivity index (χ2v) is 7.03. The zero-order chi connectivity index (χ0) is 15.8. The molecule has 118 valence electrons. The summed E-state index contributed by atoms with van der Waals surface area (Å²) in [5.74, 6) is 1.98. The zero-order valence-corrected chi connectivity index (χ0v) is 14.7. The Hall–Kier alpha value is -1.74. The molecule has 0 bridgehead atoms. The lowest BCUT2D eigenvalue weighted by molar-refractivity contribution is 0.338. The van der Waals surface area contributed by atoms with Crippen LogP contribution in [0.3, 0.4) is 0 Å². The molecule has 1 aliphatic carbocycles. The lowest BCUT2D eigenvalue weighted by Crippen LogP contribution is -2.29. The average Bonchev–Trinajstić information content (AvgIpc) is 3.05. The molecule has 3 atom stereocenters. The largest absolute Gasteiger partial charge is 0.494 e.